The molecule has 2 aromatic heterocycles. The van der Waals surface area contributed by atoms with Crippen LogP contribution in [0.2, 0.25) is 0 Å². The number of pyridine rings is 2. The molecule has 3 heterocycles. The monoisotopic (exact) mass is 638 g/mol. The molecule has 1 aromatic carbocycles. The van der Waals surface area contributed by atoms with E-state index in [0.717, 1.165) is 61.1 Å². The maximum Gasteiger partial charge on any atom is 0.340 e. The molecule has 10 heteroatoms. The molecule has 3 aromatic rings. The number of aromatic nitrogens is 2. The van der Waals surface area contributed by atoms with Crippen molar-refractivity contribution in [2.45, 2.75) is 86.0 Å². The lowest BCUT2D eigenvalue weighted by atomic mass is 9.82. The summed E-state index contributed by atoms with van der Waals surface area (Å²) < 4.78 is 44.8. The predicted molar refractivity (Wildman–Crippen MR) is 177 cm³/mol. The van der Waals surface area contributed by atoms with E-state index >= 15 is 0 Å². The van der Waals surface area contributed by atoms with Crippen molar-refractivity contribution in [1.29, 1.82) is 0 Å². The average Bonchev–Trinajstić information content (AvgIpc) is 2.95. The molecule has 8 nitrogen and oxygen atoms in total. The van der Waals surface area contributed by atoms with Gasteiger partial charge in [-0.15, -0.1) is 0 Å². The molecule has 250 valence electrons. The summed E-state index contributed by atoms with van der Waals surface area (Å²) in [5.41, 5.74) is 4.25. The van der Waals surface area contributed by atoms with E-state index < -0.39 is 29.3 Å². The lowest BCUT2D eigenvalue weighted by Gasteiger charge is -2.41. The second kappa shape index (κ2) is 14.3. The molecule has 0 saturated carbocycles. The number of esters is 1. The topological polar surface area (TPSA) is 77.0 Å². The Kier molecular flexibility index (Phi) is 10.9. The highest BCUT2D eigenvalue weighted by Crippen LogP contribution is 2.43. The Morgan fingerprint density at radius 3 is 2.26 bits per heavy atom. The van der Waals surface area contributed by atoms with Gasteiger partial charge in [0, 0.05) is 61.4 Å². The van der Waals surface area contributed by atoms with Gasteiger partial charge in [-0.05, 0) is 71.9 Å². The first kappa shape index (κ1) is 35.1. The number of aryl methyl sites for hydroxylation is 1. The van der Waals surface area contributed by atoms with Crippen molar-refractivity contribution in [2.75, 3.05) is 43.1 Å². The first-order valence-electron chi connectivity index (χ1n) is 15.9. The summed E-state index contributed by atoms with van der Waals surface area (Å²) in [4.78, 5) is 27.5. The zero-order valence-corrected chi connectivity index (χ0v) is 28.6. The van der Waals surface area contributed by atoms with Crippen LogP contribution in [-0.4, -0.2) is 60.9 Å². The Labute approximate surface area is 272 Å². The van der Waals surface area contributed by atoms with Gasteiger partial charge in [0.2, 0.25) is 0 Å². The standard InChI is InChI=1S/C36H48F2N4O4/c1-23(2)45-34(43)33(46-35(4,5)6)31-24(3)39-22-29(32(31)42-14-12-36(7,8)13-15-42)30-11-10-27(21-40-30)41(9)16-17-44-28-19-25(37)18-26(38)20-28/h10-11,18-23,33H,12-17H2,1-9H3/t33-/m0/s1. The molecule has 1 aliphatic rings. The number of likely N-dealkylation sites (N-methyl/N-ethyl adjacent to an activating group) is 1. The largest absolute Gasteiger partial charge is 0.492 e. The van der Waals surface area contributed by atoms with Crippen molar-refractivity contribution in [2.24, 2.45) is 5.41 Å². The quantitative estimate of drug-likeness (QED) is 0.198. The Balaban J connectivity index is 1.68. The van der Waals surface area contributed by atoms with Crippen molar-refractivity contribution in [3.05, 3.63) is 65.6 Å². The number of benzene rings is 1. The second-order valence-electron chi connectivity index (χ2n) is 14.0. The number of anilines is 2. The lowest BCUT2D eigenvalue weighted by Crippen LogP contribution is -2.39. The van der Waals surface area contributed by atoms with Crippen LogP contribution in [0.5, 0.6) is 5.75 Å². The van der Waals surface area contributed by atoms with Crippen LogP contribution in [0.1, 0.15) is 78.7 Å². The summed E-state index contributed by atoms with van der Waals surface area (Å²) >= 11 is 0. The Hall–Kier alpha value is -3.79. The summed E-state index contributed by atoms with van der Waals surface area (Å²) in [7, 11) is 1.90. The van der Waals surface area contributed by atoms with Crippen LogP contribution >= 0.6 is 0 Å². The van der Waals surface area contributed by atoms with Gasteiger partial charge < -0.3 is 24.0 Å². The van der Waals surface area contributed by atoms with Crippen LogP contribution < -0.4 is 14.5 Å². The molecule has 1 aliphatic heterocycles. The summed E-state index contributed by atoms with van der Waals surface area (Å²) in [5, 5.41) is 0. The first-order chi connectivity index (χ1) is 21.5. The van der Waals surface area contributed by atoms with Gasteiger partial charge in [0.05, 0.1) is 41.5 Å². The third kappa shape index (κ3) is 9.15. The summed E-state index contributed by atoms with van der Waals surface area (Å²) in [6, 6.07) is 7.02. The number of halogens is 2. The van der Waals surface area contributed by atoms with Crippen LogP contribution in [0.25, 0.3) is 11.3 Å². The molecule has 0 unspecified atom stereocenters. The van der Waals surface area contributed by atoms with Gasteiger partial charge in [0.1, 0.15) is 24.0 Å². The zero-order valence-electron chi connectivity index (χ0n) is 28.6. The first-order valence-corrected chi connectivity index (χ1v) is 15.9. The van der Waals surface area contributed by atoms with Crippen molar-refractivity contribution in [3.8, 4) is 17.0 Å². The summed E-state index contributed by atoms with van der Waals surface area (Å²) in [6.07, 6.45) is 4.31. The normalized spacial score (nSPS) is 15.5. The third-order valence-electron chi connectivity index (χ3n) is 8.02. The predicted octanol–water partition coefficient (Wildman–Crippen LogP) is 7.68. The molecule has 0 amide bonds. The van der Waals surface area contributed by atoms with Gasteiger partial charge in [-0.1, -0.05) is 13.8 Å². The van der Waals surface area contributed by atoms with Gasteiger partial charge >= 0.3 is 5.97 Å². The molecule has 1 atom stereocenters. The van der Waals surface area contributed by atoms with Crippen LogP contribution in [0.4, 0.5) is 20.2 Å². The van der Waals surface area contributed by atoms with E-state index in [0.29, 0.717) is 23.5 Å². The van der Waals surface area contributed by atoms with Gasteiger partial charge in [0.15, 0.2) is 6.10 Å². The molecule has 0 radical (unpaired) electrons. The van der Waals surface area contributed by atoms with E-state index in [1.165, 1.54) is 0 Å². The highest BCUT2D eigenvalue weighted by atomic mass is 19.1. The molecule has 0 aliphatic carbocycles. The van der Waals surface area contributed by atoms with E-state index in [9.17, 15) is 13.6 Å². The Morgan fingerprint density at radius 2 is 1.70 bits per heavy atom. The highest BCUT2D eigenvalue weighted by Gasteiger charge is 2.37. The van der Waals surface area contributed by atoms with E-state index in [4.69, 9.17) is 24.2 Å². The maximum atomic E-state index is 13.6. The Bertz CT molecular complexity index is 1470. The molecule has 46 heavy (non-hydrogen) atoms. The molecule has 0 spiro atoms. The van der Waals surface area contributed by atoms with E-state index in [1.807, 2.05) is 71.8 Å². The summed E-state index contributed by atoms with van der Waals surface area (Å²) in [5.74, 6) is -1.67. The average molecular weight is 639 g/mol. The van der Waals surface area contributed by atoms with Gasteiger partial charge in [-0.25, -0.2) is 13.6 Å². The minimum Gasteiger partial charge on any atom is -0.492 e. The van der Waals surface area contributed by atoms with Crippen LogP contribution in [0.15, 0.2) is 42.7 Å². The smallest absolute Gasteiger partial charge is 0.340 e. The van der Waals surface area contributed by atoms with Gasteiger partial charge in [-0.2, -0.15) is 0 Å². The Morgan fingerprint density at radius 1 is 1.04 bits per heavy atom. The number of nitrogens with zero attached hydrogens (tertiary/aromatic N) is 4. The second-order valence-corrected chi connectivity index (χ2v) is 14.0. The van der Waals surface area contributed by atoms with Crippen LogP contribution in [-0.2, 0) is 14.3 Å². The molecule has 0 N–H and O–H groups in total. The number of hydrogen-bond donors (Lipinski definition) is 0. The minimum absolute atomic E-state index is 0.140. The lowest BCUT2D eigenvalue weighted by molar-refractivity contribution is -0.171. The number of carbonyl (C=O) groups is 1. The molecule has 1 saturated heterocycles. The highest BCUT2D eigenvalue weighted by molar-refractivity contribution is 5.86. The fraction of sp³-hybridized carbons (Fsp3) is 0.528. The van der Waals surface area contributed by atoms with E-state index in [-0.39, 0.29) is 23.9 Å². The van der Waals surface area contributed by atoms with Gasteiger partial charge in [-0.3, -0.25) is 9.97 Å². The van der Waals surface area contributed by atoms with E-state index in [2.05, 4.69) is 18.7 Å². The number of piperidine rings is 1. The van der Waals surface area contributed by atoms with E-state index in [1.54, 1.807) is 6.20 Å². The molecular formula is C36H48F2N4O4. The molecule has 1 fully saturated rings. The SMILES string of the molecule is Cc1ncc(-c2ccc(N(C)CCOc3cc(F)cc(F)c3)cn2)c(N2CCC(C)(C)CC2)c1[C@H](OC(C)(C)C)C(=O)OC(C)C. The maximum absolute atomic E-state index is 13.6. The van der Waals surface area contributed by atoms with Crippen molar-refractivity contribution < 1.29 is 27.8 Å². The third-order valence-corrected chi connectivity index (χ3v) is 8.02. The molecule has 0 bridgehead atoms. The summed E-state index contributed by atoms with van der Waals surface area (Å²) in [6.45, 7) is 18.2. The number of hydrogen-bond acceptors (Lipinski definition) is 8. The minimum atomic E-state index is -0.975. The van der Waals surface area contributed by atoms with Crippen LogP contribution in [0, 0.1) is 24.0 Å². The molecule has 4 rings (SSSR count). The number of carbonyl (C=O) groups excluding carboxylic acids is 1. The fourth-order valence-electron chi connectivity index (χ4n) is 5.47. The van der Waals surface area contributed by atoms with Crippen LogP contribution in [0.3, 0.4) is 0 Å². The van der Waals surface area contributed by atoms with Crippen molar-refractivity contribution >= 4 is 17.3 Å². The van der Waals surface area contributed by atoms with Crippen molar-refractivity contribution in [3.63, 3.8) is 0 Å². The number of rotatable bonds is 11. The fourth-order valence-corrected chi connectivity index (χ4v) is 5.47. The van der Waals surface area contributed by atoms with Gasteiger partial charge in [0.25, 0.3) is 0 Å². The number of ether oxygens (including phenoxy) is 3. The van der Waals surface area contributed by atoms with Crippen molar-refractivity contribution in [1.82, 2.24) is 9.97 Å². The molecular weight excluding hydrogens is 590 g/mol. The zero-order chi connectivity index (χ0) is 33.8.